The molecule has 0 bridgehead atoms. The second kappa shape index (κ2) is 11.3. The van der Waals surface area contributed by atoms with E-state index in [1.165, 1.54) is 17.8 Å². The van der Waals surface area contributed by atoms with Crippen LogP contribution in [0.3, 0.4) is 0 Å². The number of aromatic amines is 1. The third-order valence-electron chi connectivity index (χ3n) is 4.95. The van der Waals surface area contributed by atoms with Crippen LogP contribution in [0.5, 0.6) is 11.5 Å². The first-order valence-electron chi connectivity index (χ1n) is 10.7. The molecule has 0 radical (unpaired) electrons. The van der Waals surface area contributed by atoms with Crippen LogP contribution in [0.2, 0.25) is 0 Å². The molecule has 4 rings (SSSR count). The van der Waals surface area contributed by atoms with E-state index in [0.29, 0.717) is 40.4 Å². The minimum absolute atomic E-state index is 0.105. The molecule has 0 saturated heterocycles. The van der Waals surface area contributed by atoms with E-state index in [0.717, 1.165) is 10.9 Å². The Morgan fingerprint density at radius 1 is 1.12 bits per heavy atom. The van der Waals surface area contributed by atoms with E-state index in [2.05, 4.69) is 16.4 Å². The molecule has 0 aliphatic rings. The molecule has 1 heterocycles. The molecule has 0 aliphatic heterocycles. The van der Waals surface area contributed by atoms with Gasteiger partial charge in [-0.3, -0.25) is 0 Å². The zero-order chi connectivity index (χ0) is 23.8. The van der Waals surface area contributed by atoms with E-state index in [-0.39, 0.29) is 12.4 Å². The van der Waals surface area contributed by atoms with Crippen LogP contribution >= 0.6 is 11.8 Å². The van der Waals surface area contributed by atoms with Gasteiger partial charge in [0.1, 0.15) is 5.75 Å². The van der Waals surface area contributed by atoms with Crippen LogP contribution in [0.4, 0.5) is 9.18 Å². The van der Waals surface area contributed by atoms with Crippen molar-refractivity contribution in [3.8, 4) is 17.6 Å². The molecule has 0 fully saturated rings. The van der Waals surface area contributed by atoms with Crippen LogP contribution in [-0.4, -0.2) is 23.4 Å². The van der Waals surface area contributed by atoms with Crippen molar-refractivity contribution in [1.29, 1.82) is 5.26 Å². The average molecular weight is 476 g/mol. The number of rotatable bonds is 9. The number of fused-ring (bicyclic) bond motifs is 1. The highest BCUT2D eigenvalue weighted by Gasteiger charge is 2.17. The van der Waals surface area contributed by atoms with Gasteiger partial charge in [-0.25, -0.2) is 9.18 Å². The number of ether oxygens (including phenoxy) is 2. The Balaban J connectivity index is 1.36. The Kier molecular flexibility index (Phi) is 7.68. The van der Waals surface area contributed by atoms with Crippen molar-refractivity contribution in [1.82, 2.24) is 10.3 Å². The quantitative estimate of drug-likeness (QED) is 0.217. The Labute approximate surface area is 200 Å². The minimum Gasteiger partial charge on any atom is -0.453 e. The number of hydrogen-bond donors (Lipinski definition) is 2. The van der Waals surface area contributed by atoms with Gasteiger partial charge in [0.05, 0.1) is 23.1 Å². The second-order valence-corrected chi connectivity index (χ2v) is 8.48. The molecule has 172 valence electrons. The number of H-pyrrole nitrogens is 1. The number of nitrogens with zero attached hydrogens (tertiary/aromatic N) is 1. The second-order valence-electron chi connectivity index (χ2n) is 7.37. The van der Waals surface area contributed by atoms with Gasteiger partial charge in [0.2, 0.25) is 0 Å². The van der Waals surface area contributed by atoms with E-state index in [1.807, 2.05) is 36.4 Å². The van der Waals surface area contributed by atoms with E-state index < -0.39 is 11.9 Å². The van der Waals surface area contributed by atoms with Gasteiger partial charge in [-0.05, 0) is 36.2 Å². The Morgan fingerprint density at radius 3 is 2.79 bits per heavy atom. The highest BCUT2D eigenvalue weighted by Crippen LogP contribution is 2.41. The number of nitriles is 1. The number of alkyl carbamates (subject to hydrolysis) is 1. The predicted octanol–water partition coefficient (Wildman–Crippen LogP) is 6.38. The number of carbonyl (C=O) groups is 1. The lowest BCUT2D eigenvalue weighted by molar-refractivity contribution is 0.146. The van der Waals surface area contributed by atoms with Crippen molar-refractivity contribution in [2.75, 3.05) is 12.4 Å². The van der Waals surface area contributed by atoms with Gasteiger partial charge in [0, 0.05) is 35.5 Å². The first kappa shape index (κ1) is 23.2. The average Bonchev–Trinajstić information content (AvgIpc) is 3.33. The molecule has 8 heteroatoms. The van der Waals surface area contributed by atoms with Crippen LogP contribution in [0.15, 0.2) is 77.8 Å². The van der Waals surface area contributed by atoms with E-state index >= 15 is 0 Å². The molecule has 0 saturated carbocycles. The van der Waals surface area contributed by atoms with Crippen molar-refractivity contribution in [3.05, 3.63) is 89.9 Å². The number of benzene rings is 3. The zero-order valence-electron chi connectivity index (χ0n) is 18.2. The molecule has 4 aromatic rings. The van der Waals surface area contributed by atoms with Crippen molar-refractivity contribution < 1.29 is 18.7 Å². The minimum atomic E-state index is -0.503. The molecular weight excluding hydrogens is 453 g/mol. The standard InChI is InChI=1S/C26H22FN3O3S/c27-22-15-23-21(10-11-29-23)25(24(22)33-20-9-4-8-19(14-20)16-28)34-13-5-12-32-26(31)30-17-18-6-2-1-3-7-18/h1-4,6-11,14-15,29H,5,12-13,17H2,(H,30,31). The van der Waals surface area contributed by atoms with Crippen LogP contribution in [0, 0.1) is 17.1 Å². The number of nitrogens with one attached hydrogen (secondary N) is 2. The molecule has 34 heavy (non-hydrogen) atoms. The third kappa shape index (κ3) is 5.88. The fourth-order valence-corrected chi connectivity index (χ4v) is 4.40. The molecule has 3 aromatic carbocycles. The largest absolute Gasteiger partial charge is 0.453 e. The maximum Gasteiger partial charge on any atom is 0.407 e. The first-order valence-corrected chi connectivity index (χ1v) is 11.7. The van der Waals surface area contributed by atoms with E-state index in [4.69, 9.17) is 14.7 Å². The van der Waals surface area contributed by atoms with E-state index in [9.17, 15) is 9.18 Å². The fourth-order valence-electron chi connectivity index (χ4n) is 3.33. The maximum atomic E-state index is 14.9. The summed E-state index contributed by atoms with van der Waals surface area (Å²) in [6.45, 7) is 0.635. The maximum absolute atomic E-state index is 14.9. The summed E-state index contributed by atoms with van der Waals surface area (Å²) in [5.41, 5.74) is 2.08. The third-order valence-corrected chi connectivity index (χ3v) is 6.14. The van der Waals surface area contributed by atoms with Crippen LogP contribution in [-0.2, 0) is 11.3 Å². The van der Waals surface area contributed by atoms with Crippen LogP contribution < -0.4 is 10.1 Å². The zero-order valence-corrected chi connectivity index (χ0v) is 19.0. The lowest BCUT2D eigenvalue weighted by Gasteiger charge is -2.14. The van der Waals surface area contributed by atoms with Crippen molar-refractivity contribution in [2.45, 2.75) is 17.9 Å². The first-order chi connectivity index (χ1) is 16.6. The summed E-state index contributed by atoms with van der Waals surface area (Å²) in [7, 11) is 0. The normalized spacial score (nSPS) is 10.6. The molecule has 0 unspecified atom stereocenters. The Bertz CT molecular complexity index is 1320. The van der Waals surface area contributed by atoms with Crippen molar-refractivity contribution >= 4 is 28.8 Å². The fraction of sp³-hybridized carbons (Fsp3) is 0.154. The van der Waals surface area contributed by atoms with Crippen molar-refractivity contribution in [2.24, 2.45) is 0 Å². The van der Waals surface area contributed by atoms with Gasteiger partial charge in [-0.2, -0.15) is 5.26 Å². The number of hydrogen-bond acceptors (Lipinski definition) is 5. The number of halogens is 1. The van der Waals surface area contributed by atoms with Crippen molar-refractivity contribution in [3.63, 3.8) is 0 Å². The number of thioether (sulfide) groups is 1. The molecular formula is C26H22FN3O3S. The molecule has 0 atom stereocenters. The molecule has 1 aromatic heterocycles. The molecule has 0 aliphatic carbocycles. The molecule has 6 nitrogen and oxygen atoms in total. The SMILES string of the molecule is N#Cc1cccc(Oc2c(F)cc3[nH]ccc3c2SCCCOC(=O)NCc2ccccc2)c1. The molecule has 1 amide bonds. The summed E-state index contributed by atoms with van der Waals surface area (Å²) < 4.78 is 26.0. The van der Waals surface area contributed by atoms with E-state index in [1.54, 1.807) is 30.5 Å². The lowest BCUT2D eigenvalue weighted by Crippen LogP contribution is -2.24. The van der Waals surface area contributed by atoms with Crippen LogP contribution in [0.1, 0.15) is 17.5 Å². The smallest absolute Gasteiger partial charge is 0.407 e. The van der Waals surface area contributed by atoms with Gasteiger partial charge in [-0.15, -0.1) is 11.8 Å². The van der Waals surface area contributed by atoms with Gasteiger partial charge >= 0.3 is 6.09 Å². The van der Waals surface area contributed by atoms with Gasteiger partial charge < -0.3 is 19.8 Å². The number of amides is 1. The Hall–Kier alpha value is -3.96. The number of carbonyl (C=O) groups excluding carboxylic acids is 1. The molecule has 2 N–H and O–H groups in total. The summed E-state index contributed by atoms with van der Waals surface area (Å²) >= 11 is 1.42. The number of aromatic nitrogens is 1. The summed E-state index contributed by atoms with van der Waals surface area (Å²) in [5.74, 6) is 0.572. The lowest BCUT2D eigenvalue weighted by atomic mass is 10.2. The highest BCUT2D eigenvalue weighted by atomic mass is 32.2. The highest BCUT2D eigenvalue weighted by molar-refractivity contribution is 7.99. The summed E-state index contributed by atoms with van der Waals surface area (Å²) in [6.07, 6.45) is 1.85. The topological polar surface area (TPSA) is 87.1 Å². The predicted molar refractivity (Wildman–Crippen MR) is 129 cm³/mol. The summed E-state index contributed by atoms with van der Waals surface area (Å²) in [4.78, 5) is 15.6. The van der Waals surface area contributed by atoms with Gasteiger partial charge in [-0.1, -0.05) is 36.4 Å². The monoisotopic (exact) mass is 475 g/mol. The summed E-state index contributed by atoms with van der Waals surface area (Å²) in [6, 6.07) is 21.5. The van der Waals surface area contributed by atoms with Gasteiger partial charge in [0.15, 0.2) is 11.6 Å². The van der Waals surface area contributed by atoms with Gasteiger partial charge in [0.25, 0.3) is 0 Å². The van der Waals surface area contributed by atoms with Crippen LogP contribution in [0.25, 0.3) is 10.9 Å². The summed E-state index contributed by atoms with van der Waals surface area (Å²) in [5, 5.41) is 12.7. The Morgan fingerprint density at radius 2 is 1.97 bits per heavy atom. The molecule has 0 spiro atoms.